The van der Waals surface area contributed by atoms with Crippen molar-refractivity contribution in [3.8, 4) is 34.4 Å². The molecule has 10 rings (SSSR count). The first kappa shape index (κ1) is 49.3. The number of carbonyl (C=O) groups is 2. The van der Waals surface area contributed by atoms with Crippen LogP contribution in [0.5, 0.6) is 0 Å². The molecule has 2 saturated heterocycles. The van der Waals surface area contributed by atoms with Crippen molar-refractivity contribution in [3.63, 3.8) is 0 Å². The second kappa shape index (κ2) is 20.4. The van der Waals surface area contributed by atoms with E-state index in [4.69, 9.17) is 22.0 Å². The number of carbonyl (C=O) groups excluding carboxylic acids is 2. The summed E-state index contributed by atoms with van der Waals surface area (Å²) in [6, 6.07) is 15.4. The second-order valence-electron chi connectivity index (χ2n) is 18.8. The van der Waals surface area contributed by atoms with Crippen molar-refractivity contribution in [2.24, 2.45) is 22.3 Å². The summed E-state index contributed by atoms with van der Waals surface area (Å²) in [5.41, 5.74) is 20.1. The molecule has 0 bridgehead atoms. The third-order valence-electron chi connectivity index (χ3n) is 12.9. The lowest BCUT2D eigenvalue weighted by Crippen LogP contribution is -2.35. The van der Waals surface area contributed by atoms with Crippen LogP contribution in [0.3, 0.4) is 0 Å². The summed E-state index contributed by atoms with van der Waals surface area (Å²) in [5, 5.41) is 45.5. The van der Waals surface area contributed by atoms with E-state index in [1.54, 1.807) is 33.4 Å². The van der Waals surface area contributed by atoms with Gasteiger partial charge in [-0.05, 0) is 71.6 Å². The number of hydrogen-bond acceptors (Lipinski definition) is 14. The highest BCUT2D eigenvalue weighted by Crippen LogP contribution is 2.37. The molecule has 71 heavy (non-hydrogen) atoms. The number of halogens is 1. The Kier molecular flexibility index (Phi) is 14.2. The van der Waals surface area contributed by atoms with Gasteiger partial charge in [0, 0.05) is 110 Å². The Labute approximate surface area is 418 Å². The van der Waals surface area contributed by atoms with Gasteiger partial charge in [-0.15, -0.1) is 0 Å². The number of aromatic nitrogens is 10. The van der Waals surface area contributed by atoms with E-state index in [2.05, 4.69) is 101 Å². The van der Waals surface area contributed by atoms with Crippen molar-refractivity contribution in [1.29, 1.82) is 10.5 Å². The van der Waals surface area contributed by atoms with E-state index in [9.17, 15) is 9.59 Å². The number of nitrogens with one attached hydrogen (secondary N) is 3. The fourth-order valence-corrected chi connectivity index (χ4v) is 8.88. The van der Waals surface area contributed by atoms with Gasteiger partial charge in [-0.25, -0.2) is 19.0 Å². The van der Waals surface area contributed by atoms with E-state index in [-0.39, 0.29) is 22.9 Å². The Hall–Kier alpha value is -8.14. The minimum atomic E-state index is -0.537. The molecule has 0 aliphatic carbocycles. The van der Waals surface area contributed by atoms with Crippen LogP contribution in [0.15, 0.2) is 103 Å². The number of fused-ring (bicyclic) bond motifs is 2. The van der Waals surface area contributed by atoms with Crippen molar-refractivity contribution < 1.29 is 9.59 Å². The average Bonchev–Trinajstić information content (AvgIpc) is 4.23. The third-order valence-corrected chi connectivity index (χ3v) is 13.4. The van der Waals surface area contributed by atoms with Gasteiger partial charge < -0.3 is 32.3 Å². The van der Waals surface area contributed by atoms with Crippen LogP contribution < -0.4 is 32.3 Å². The number of nitrogens with two attached hydrogens (primary N) is 2. The van der Waals surface area contributed by atoms with E-state index in [0.717, 1.165) is 82.1 Å². The molecule has 8 aromatic rings. The quantitative estimate of drug-likeness (QED) is 0.0884. The largest absolute Gasteiger partial charge is 0.378 e. The first-order valence-corrected chi connectivity index (χ1v) is 23.8. The van der Waals surface area contributed by atoms with Crippen LogP contribution in [0.25, 0.3) is 33.3 Å². The van der Waals surface area contributed by atoms with Crippen LogP contribution in [0.1, 0.15) is 73.4 Å². The lowest BCUT2D eigenvalue weighted by molar-refractivity contribution is 0.0992. The van der Waals surface area contributed by atoms with Crippen molar-refractivity contribution in [2.75, 3.05) is 41.7 Å². The first-order valence-electron chi connectivity index (χ1n) is 23.0. The third kappa shape index (κ3) is 10.7. The van der Waals surface area contributed by atoms with Gasteiger partial charge in [-0.1, -0.05) is 27.7 Å². The Morgan fingerprint density at radius 2 is 1.23 bits per heavy atom. The standard InChI is InChI=1S/C25H27N9O.C19H25N7O.C6H3BrN2/c1-4-33-12-18(10-29-33)17-7-20-23(19(24(27)35)11-30-34(20)13-17)31-21-14-32(15-25(21,2)3)22-6-5-16(8-26)9-28-22;1-4-25-9-13(6-22-25)12-5-15-17(24-16-8-21-11-19(16,2)3)14(18(20)27)7-23-26(15)10-12;7-6-2-1-5(3-8)4-9-6/h5-7,9-13,21,31H,4,14-15H2,1-3H3,(H2,27,35);5-7,9-10,16,21,24H,4,8,11H2,1-3H3,(H2,20,27);1-2,4H. The number of anilines is 3. The second-order valence-corrected chi connectivity index (χ2v) is 19.6. The molecule has 21 heteroatoms. The maximum absolute atomic E-state index is 12.3. The van der Waals surface area contributed by atoms with Crippen LogP contribution in [-0.4, -0.2) is 98.8 Å². The number of nitrogens with zero attached hydrogens (tertiary/aromatic N) is 13. The smallest absolute Gasteiger partial charge is 0.252 e. The molecule has 10 heterocycles. The Balaban J connectivity index is 0.000000166. The molecule has 2 amide bonds. The van der Waals surface area contributed by atoms with Crippen LogP contribution in [0, 0.1) is 33.5 Å². The zero-order valence-corrected chi connectivity index (χ0v) is 41.9. The van der Waals surface area contributed by atoms with E-state index in [0.29, 0.717) is 34.5 Å². The van der Waals surface area contributed by atoms with Gasteiger partial charge in [0.15, 0.2) is 0 Å². The zero-order valence-electron chi connectivity index (χ0n) is 40.3. The number of primary amides is 2. The van der Waals surface area contributed by atoms with Crippen LogP contribution >= 0.6 is 15.9 Å². The van der Waals surface area contributed by atoms with Crippen molar-refractivity contribution >= 4 is 56.0 Å². The van der Waals surface area contributed by atoms with E-state index < -0.39 is 11.8 Å². The van der Waals surface area contributed by atoms with E-state index in [1.807, 2.05) is 84.7 Å². The highest BCUT2D eigenvalue weighted by Gasteiger charge is 2.41. The summed E-state index contributed by atoms with van der Waals surface area (Å²) in [5.74, 6) is -0.211. The number of rotatable bonds is 11. The Bertz CT molecular complexity index is 3300. The lowest BCUT2D eigenvalue weighted by Gasteiger charge is -2.28. The van der Waals surface area contributed by atoms with E-state index >= 15 is 0 Å². The van der Waals surface area contributed by atoms with Gasteiger partial charge in [0.25, 0.3) is 11.8 Å². The predicted octanol–water partition coefficient (Wildman–Crippen LogP) is 6.35. The van der Waals surface area contributed by atoms with Crippen LogP contribution in [-0.2, 0) is 13.1 Å². The highest BCUT2D eigenvalue weighted by atomic mass is 79.9. The molecule has 20 nitrogen and oxygen atoms in total. The fraction of sp³-hybridized carbons (Fsp3) is 0.320. The first-order chi connectivity index (χ1) is 34.0. The SMILES string of the molecule is CCn1cc(-c2cc3c(NC4CN(c5ccc(C#N)cn5)CC4(C)C)c(C(N)=O)cnn3c2)cn1.CCn1cc(-c2cc3c(NC4CNCC4(C)C)c(C(N)=O)cnn3c2)cn1.N#Cc1ccc(Br)nc1. The number of amides is 2. The maximum atomic E-state index is 12.3. The number of pyridine rings is 2. The van der Waals surface area contributed by atoms with Crippen molar-refractivity contribution in [2.45, 2.75) is 66.7 Å². The normalized spacial score (nSPS) is 16.6. The molecule has 7 N–H and O–H groups in total. The Morgan fingerprint density at radius 1 is 0.704 bits per heavy atom. The fourth-order valence-electron chi connectivity index (χ4n) is 8.64. The molecule has 0 spiro atoms. The summed E-state index contributed by atoms with van der Waals surface area (Å²) in [6.07, 6.45) is 17.7. The number of hydrogen-bond donors (Lipinski definition) is 5. The van der Waals surface area contributed by atoms with Gasteiger partial charge in [-0.2, -0.15) is 30.9 Å². The van der Waals surface area contributed by atoms with Gasteiger partial charge >= 0.3 is 0 Å². The molecule has 364 valence electrons. The minimum absolute atomic E-state index is 0.00503. The van der Waals surface area contributed by atoms with Crippen LogP contribution in [0.2, 0.25) is 0 Å². The molecule has 2 fully saturated rings. The Morgan fingerprint density at radius 3 is 1.65 bits per heavy atom. The molecule has 2 aliphatic heterocycles. The molecule has 2 unspecified atom stereocenters. The monoisotopic (exact) mass is 1020 g/mol. The average molecular weight is 1020 g/mol. The topological polar surface area (TPSA) is 269 Å². The molecule has 0 saturated carbocycles. The van der Waals surface area contributed by atoms with Crippen molar-refractivity contribution in [1.82, 2.24) is 54.1 Å². The van der Waals surface area contributed by atoms with Crippen LogP contribution in [0.4, 0.5) is 17.2 Å². The minimum Gasteiger partial charge on any atom is -0.378 e. The molecule has 2 atom stereocenters. The molecule has 8 aromatic heterocycles. The predicted molar refractivity (Wildman–Crippen MR) is 274 cm³/mol. The summed E-state index contributed by atoms with van der Waals surface area (Å²) in [4.78, 5) is 34.9. The lowest BCUT2D eigenvalue weighted by atomic mass is 9.87. The van der Waals surface area contributed by atoms with Gasteiger partial charge in [0.1, 0.15) is 22.6 Å². The zero-order chi connectivity index (χ0) is 50.6. The van der Waals surface area contributed by atoms with Gasteiger partial charge in [0.05, 0.1) is 75.5 Å². The van der Waals surface area contributed by atoms with Gasteiger partial charge in [-0.3, -0.25) is 19.0 Å². The number of aryl methyl sites for hydroxylation is 2. The van der Waals surface area contributed by atoms with E-state index in [1.165, 1.54) is 18.6 Å². The summed E-state index contributed by atoms with van der Waals surface area (Å²) < 4.78 is 8.04. The molecular weight excluding hydrogens is 965 g/mol. The van der Waals surface area contributed by atoms with Crippen molar-refractivity contribution in [3.05, 3.63) is 125 Å². The molecule has 0 radical (unpaired) electrons. The number of nitriles is 2. The molecular formula is C50H55BrN18O2. The van der Waals surface area contributed by atoms with Gasteiger partial charge in [0.2, 0.25) is 0 Å². The molecule has 0 aromatic carbocycles. The maximum Gasteiger partial charge on any atom is 0.252 e. The summed E-state index contributed by atoms with van der Waals surface area (Å²) in [6.45, 7) is 17.6. The highest BCUT2D eigenvalue weighted by molar-refractivity contribution is 9.10. The molecule has 2 aliphatic rings. The summed E-state index contributed by atoms with van der Waals surface area (Å²) in [7, 11) is 0. The summed E-state index contributed by atoms with van der Waals surface area (Å²) >= 11 is 3.15.